The predicted octanol–water partition coefficient (Wildman–Crippen LogP) is 3.25. The topological polar surface area (TPSA) is 46.5 Å². The molecular formula is C11H22O3. The molecule has 0 radical (unpaired) electrons. The Hall–Kier alpha value is -0.570. The van der Waals surface area contributed by atoms with Crippen molar-refractivity contribution in [3.8, 4) is 0 Å². The van der Waals surface area contributed by atoms with Crippen molar-refractivity contribution in [2.45, 2.75) is 53.4 Å². The number of carbonyl (C=O) groups excluding carboxylic acids is 1. The molecule has 84 valence electrons. The van der Waals surface area contributed by atoms with E-state index in [1.165, 1.54) is 6.42 Å². The van der Waals surface area contributed by atoms with Crippen LogP contribution in [0, 0.1) is 11.3 Å². The van der Waals surface area contributed by atoms with Crippen molar-refractivity contribution in [2.75, 3.05) is 0 Å². The zero-order valence-electron chi connectivity index (χ0n) is 9.67. The van der Waals surface area contributed by atoms with Crippen molar-refractivity contribution in [2.24, 2.45) is 11.3 Å². The highest BCUT2D eigenvalue weighted by Gasteiger charge is 2.29. The minimum absolute atomic E-state index is 0.540. The van der Waals surface area contributed by atoms with Gasteiger partial charge in [0.2, 0.25) is 0 Å². The summed E-state index contributed by atoms with van der Waals surface area (Å²) in [6.07, 6.45) is 4.07. The van der Waals surface area contributed by atoms with Gasteiger partial charge in [-0.2, -0.15) is 5.26 Å². The SMILES string of the molecule is CC(C)CCCCC(C)(C)C(=O)OO. The van der Waals surface area contributed by atoms with Gasteiger partial charge in [-0.25, -0.2) is 4.79 Å². The van der Waals surface area contributed by atoms with Gasteiger partial charge in [0.25, 0.3) is 0 Å². The quantitative estimate of drug-likeness (QED) is 0.408. The van der Waals surface area contributed by atoms with E-state index in [2.05, 4.69) is 18.7 Å². The van der Waals surface area contributed by atoms with Crippen LogP contribution in [-0.4, -0.2) is 11.2 Å². The van der Waals surface area contributed by atoms with Gasteiger partial charge in [-0.1, -0.05) is 33.1 Å². The standard InChI is InChI=1S/C11H22O3/c1-9(2)7-5-6-8-11(3,4)10(12)14-13/h9,13H,5-8H2,1-4H3. The number of hydrogen-bond donors (Lipinski definition) is 1. The molecule has 3 heteroatoms. The van der Waals surface area contributed by atoms with E-state index >= 15 is 0 Å². The second-order valence-electron chi connectivity index (χ2n) is 4.90. The molecule has 0 amide bonds. The van der Waals surface area contributed by atoms with Crippen LogP contribution in [0.2, 0.25) is 0 Å². The van der Waals surface area contributed by atoms with Crippen LogP contribution in [0.5, 0.6) is 0 Å². The molecule has 0 atom stereocenters. The number of carbonyl (C=O) groups is 1. The van der Waals surface area contributed by atoms with E-state index in [1.807, 2.05) is 0 Å². The predicted molar refractivity (Wildman–Crippen MR) is 55.8 cm³/mol. The van der Waals surface area contributed by atoms with Gasteiger partial charge >= 0.3 is 5.97 Å². The van der Waals surface area contributed by atoms with Crippen LogP contribution in [-0.2, 0) is 9.68 Å². The van der Waals surface area contributed by atoms with Crippen molar-refractivity contribution in [3.05, 3.63) is 0 Å². The first-order valence-electron chi connectivity index (χ1n) is 5.26. The molecule has 0 aromatic carbocycles. The van der Waals surface area contributed by atoms with Gasteiger partial charge in [0.1, 0.15) is 0 Å². The highest BCUT2D eigenvalue weighted by Crippen LogP contribution is 2.25. The second kappa shape index (κ2) is 6.02. The zero-order valence-corrected chi connectivity index (χ0v) is 9.67. The van der Waals surface area contributed by atoms with Gasteiger partial charge in [-0.05, 0) is 26.2 Å². The Kier molecular flexibility index (Phi) is 5.77. The molecule has 0 aliphatic carbocycles. The first-order chi connectivity index (χ1) is 6.40. The van der Waals surface area contributed by atoms with Gasteiger partial charge in [-0.15, -0.1) is 0 Å². The maximum absolute atomic E-state index is 11.1. The van der Waals surface area contributed by atoms with Crippen molar-refractivity contribution in [3.63, 3.8) is 0 Å². The normalized spacial score (nSPS) is 11.9. The summed E-state index contributed by atoms with van der Waals surface area (Å²) in [5.41, 5.74) is -0.564. The smallest absolute Gasteiger partial charge is 0.300 e. The molecule has 0 aliphatic heterocycles. The van der Waals surface area contributed by atoms with E-state index in [1.54, 1.807) is 13.8 Å². The van der Waals surface area contributed by atoms with Crippen molar-refractivity contribution in [1.29, 1.82) is 0 Å². The van der Waals surface area contributed by atoms with E-state index in [0.29, 0.717) is 5.92 Å². The lowest BCUT2D eigenvalue weighted by Gasteiger charge is -2.19. The van der Waals surface area contributed by atoms with Gasteiger partial charge in [0, 0.05) is 0 Å². The van der Waals surface area contributed by atoms with Crippen LogP contribution < -0.4 is 0 Å². The third-order valence-electron chi connectivity index (χ3n) is 2.47. The Bertz CT molecular complexity index is 173. The molecule has 0 aliphatic rings. The fourth-order valence-electron chi connectivity index (χ4n) is 1.35. The van der Waals surface area contributed by atoms with Gasteiger partial charge in [-0.3, -0.25) is 0 Å². The summed E-state index contributed by atoms with van der Waals surface area (Å²) in [5, 5.41) is 8.27. The minimum atomic E-state index is -0.564. The van der Waals surface area contributed by atoms with Crippen LogP contribution in [0.3, 0.4) is 0 Å². The summed E-state index contributed by atoms with van der Waals surface area (Å²) in [5.74, 6) is 0.171. The molecule has 0 saturated heterocycles. The van der Waals surface area contributed by atoms with E-state index in [9.17, 15) is 4.79 Å². The maximum Gasteiger partial charge on any atom is 0.347 e. The molecule has 0 heterocycles. The van der Waals surface area contributed by atoms with E-state index < -0.39 is 11.4 Å². The average molecular weight is 202 g/mol. The van der Waals surface area contributed by atoms with E-state index in [0.717, 1.165) is 19.3 Å². The molecule has 0 saturated carbocycles. The number of hydrogen-bond acceptors (Lipinski definition) is 3. The fourth-order valence-corrected chi connectivity index (χ4v) is 1.35. The van der Waals surface area contributed by atoms with E-state index in [4.69, 9.17) is 5.26 Å². The molecular weight excluding hydrogens is 180 g/mol. The lowest BCUT2D eigenvalue weighted by atomic mass is 9.86. The van der Waals surface area contributed by atoms with Gasteiger partial charge in [0.05, 0.1) is 5.41 Å². The van der Waals surface area contributed by atoms with Crippen LogP contribution in [0.4, 0.5) is 0 Å². The Balaban J connectivity index is 3.71. The van der Waals surface area contributed by atoms with Crippen LogP contribution >= 0.6 is 0 Å². The molecule has 3 nitrogen and oxygen atoms in total. The monoisotopic (exact) mass is 202 g/mol. The average Bonchev–Trinajstić information content (AvgIpc) is 2.10. The fraction of sp³-hybridized carbons (Fsp3) is 0.909. The number of unbranched alkanes of at least 4 members (excludes halogenated alkanes) is 1. The molecule has 0 aromatic rings. The molecule has 0 fully saturated rings. The Morgan fingerprint density at radius 1 is 1.36 bits per heavy atom. The summed E-state index contributed by atoms with van der Waals surface area (Å²) in [6, 6.07) is 0. The Morgan fingerprint density at radius 3 is 2.36 bits per heavy atom. The third-order valence-corrected chi connectivity index (χ3v) is 2.47. The van der Waals surface area contributed by atoms with Crippen molar-refractivity contribution >= 4 is 5.97 Å². The summed E-state index contributed by atoms with van der Waals surface area (Å²) in [7, 11) is 0. The zero-order chi connectivity index (χ0) is 11.2. The van der Waals surface area contributed by atoms with Crippen LogP contribution in [0.25, 0.3) is 0 Å². The summed E-state index contributed by atoms with van der Waals surface area (Å²) >= 11 is 0. The molecule has 0 rings (SSSR count). The van der Waals surface area contributed by atoms with Crippen LogP contribution in [0.15, 0.2) is 0 Å². The second-order valence-corrected chi connectivity index (χ2v) is 4.90. The Labute approximate surface area is 86.4 Å². The van der Waals surface area contributed by atoms with Crippen molar-refractivity contribution < 1.29 is 14.9 Å². The summed E-state index contributed by atoms with van der Waals surface area (Å²) in [6.45, 7) is 7.96. The third kappa shape index (κ3) is 5.22. The lowest BCUT2D eigenvalue weighted by molar-refractivity contribution is -0.244. The first kappa shape index (κ1) is 13.4. The molecule has 1 N–H and O–H groups in total. The maximum atomic E-state index is 11.1. The summed E-state index contributed by atoms with van der Waals surface area (Å²) in [4.78, 5) is 14.8. The van der Waals surface area contributed by atoms with Gasteiger partial charge in [0.15, 0.2) is 0 Å². The molecule has 0 bridgehead atoms. The van der Waals surface area contributed by atoms with Crippen LogP contribution in [0.1, 0.15) is 53.4 Å². The minimum Gasteiger partial charge on any atom is -0.300 e. The molecule has 14 heavy (non-hydrogen) atoms. The lowest BCUT2D eigenvalue weighted by Crippen LogP contribution is -2.25. The Morgan fingerprint density at radius 2 is 1.93 bits per heavy atom. The summed E-state index contributed by atoms with van der Waals surface area (Å²) < 4.78 is 0. The highest BCUT2D eigenvalue weighted by molar-refractivity contribution is 5.75. The number of rotatable bonds is 6. The first-order valence-corrected chi connectivity index (χ1v) is 5.26. The van der Waals surface area contributed by atoms with Gasteiger partial charge < -0.3 is 4.89 Å². The molecule has 0 spiro atoms. The highest BCUT2D eigenvalue weighted by atomic mass is 17.1. The largest absolute Gasteiger partial charge is 0.347 e. The van der Waals surface area contributed by atoms with E-state index in [-0.39, 0.29) is 0 Å². The van der Waals surface area contributed by atoms with Crippen molar-refractivity contribution in [1.82, 2.24) is 0 Å². The molecule has 0 unspecified atom stereocenters. The molecule has 0 aromatic heterocycles.